The molecule has 0 fully saturated rings. The first kappa shape index (κ1) is 13.6. The van der Waals surface area contributed by atoms with Gasteiger partial charge in [-0.25, -0.2) is 0 Å². The van der Waals surface area contributed by atoms with Gasteiger partial charge >= 0.3 is 0 Å². The van der Waals surface area contributed by atoms with Crippen molar-refractivity contribution in [1.82, 2.24) is 0 Å². The second-order valence-corrected chi connectivity index (χ2v) is 7.17. The second-order valence-electron chi connectivity index (χ2n) is 4.27. The summed E-state index contributed by atoms with van der Waals surface area (Å²) in [6.45, 7) is 4.61. The van der Waals surface area contributed by atoms with Crippen LogP contribution in [0.1, 0.15) is 13.8 Å². The molecule has 2 atom stereocenters. The molecule has 0 heterocycles. The Labute approximate surface area is 118 Å². The minimum Gasteiger partial charge on any atom is -0.122 e. The Hall–Kier alpha value is -0.860. The van der Waals surface area contributed by atoms with Gasteiger partial charge in [0.1, 0.15) is 0 Å². The summed E-state index contributed by atoms with van der Waals surface area (Å²) >= 11 is 3.90. The van der Waals surface area contributed by atoms with Gasteiger partial charge in [-0.15, -0.1) is 23.5 Å². The van der Waals surface area contributed by atoms with Crippen LogP contribution < -0.4 is 0 Å². The molecule has 0 nitrogen and oxygen atoms in total. The van der Waals surface area contributed by atoms with E-state index in [0.29, 0.717) is 10.5 Å². The number of hydrogen-bond acceptors (Lipinski definition) is 2. The van der Waals surface area contributed by atoms with E-state index in [-0.39, 0.29) is 0 Å². The maximum absolute atomic E-state index is 2.30. The lowest BCUT2D eigenvalue weighted by Crippen LogP contribution is -2.11. The number of thioether (sulfide) groups is 2. The minimum absolute atomic E-state index is 0.595. The Bertz CT molecular complexity index is 408. The van der Waals surface area contributed by atoms with Gasteiger partial charge < -0.3 is 0 Å². The lowest BCUT2D eigenvalue weighted by atomic mass is 10.3. The van der Waals surface area contributed by atoms with E-state index in [1.54, 1.807) is 0 Å². The molecular formula is C16H18S2. The summed E-state index contributed by atoms with van der Waals surface area (Å²) in [6, 6.07) is 21.3. The summed E-state index contributed by atoms with van der Waals surface area (Å²) in [5, 5.41) is 1.19. The predicted octanol–water partition coefficient (Wildman–Crippen LogP) is 5.35. The lowest BCUT2D eigenvalue weighted by molar-refractivity contribution is 0.925. The number of rotatable bonds is 5. The van der Waals surface area contributed by atoms with Crippen LogP contribution in [0.25, 0.3) is 0 Å². The molecule has 94 valence electrons. The Morgan fingerprint density at radius 2 is 0.944 bits per heavy atom. The zero-order valence-corrected chi connectivity index (χ0v) is 12.4. The van der Waals surface area contributed by atoms with Crippen molar-refractivity contribution in [3.63, 3.8) is 0 Å². The third-order valence-electron chi connectivity index (χ3n) is 2.79. The lowest BCUT2D eigenvalue weighted by Gasteiger charge is -2.19. The maximum atomic E-state index is 2.30. The number of hydrogen-bond donors (Lipinski definition) is 0. The van der Waals surface area contributed by atoms with Crippen LogP contribution in [-0.2, 0) is 0 Å². The highest BCUT2D eigenvalue weighted by Crippen LogP contribution is 2.33. The van der Waals surface area contributed by atoms with E-state index in [2.05, 4.69) is 74.5 Å². The standard InChI is InChI=1S/C16H18S2/c1-13(17-15-9-5-3-6-10-15)14(2)18-16-11-7-4-8-12-16/h3-14H,1-2H3. The monoisotopic (exact) mass is 274 g/mol. The fourth-order valence-corrected chi connectivity index (χ4v) is 3.82. The molecule has 0 amide bonds. The molecule has 18 heavy (non-hydrogen) atoms. The van der Waals surface area contributed by atoms with E-state index < -0.39 is 0 Å². The fraction of sp³-hybridized carbons (Fsp3) is 0.250. The predicted molar refractivity (Wildman–Crippen MR) is 83.5 cm³/mol. The summed E-state index contributed by atoms with van der Waals surface area (Å²) in [4.78, 5) is 2.70. The van der Waals surface area contributed by atoms with Gasteiger partial charge in [-0.1, -0.05) is 50.2 Å². The van der Waals surface area contributed by atoms with Crippen LogP contribution >= 0.6 is 23.5 Å². The van der Waals surface area contributed by atoms with Crippen molar-refractivity contribution < 1.29 is 0 Å². The molecule has 0 aliphatic rings. The van der Waals surface area contributed by atoms with Gasteiger partial charge in [-0.3, -0.25) is 0 Å². The van der Waals surface area contributed by atoms with Crippen LogP contribution in [0.3, 0.4) is 0 Å². The van der Waals surface area contributed by atoms with Gasteiger partial charge in [0.2, 0.25) is 0 Å². The van der Waals surface area contributed by atoms with E-state index >= 15 is 0 Å². The zero-order valence-electron chi connectivity index (χ0n) is 10.7. The van der Waals surface area contributed by atoms with E-state index in [1.165, 1.54) is 9.79 Å². The summed E-state index contributed by atoms with van der Waals surface area (Å²) in [6.07, 6.45) is 0. The largest absolute Gasteiger partial charge is 0.122 e. The van der Waals surface area contributed by atoms with E-state index in [0.717, 1.165) is 0 Å². The molecule has 0 aliphatic heterocycles. The van der Waals surface area contributed by atoms with E-state index in [9.17, 15) is 0 Å². The molecule has 0 radical (unpaired) electrons. The molecule has 0 aromatic heterocycles. The molecule has 0 saturated heterocycles. The van der Waals surface area contributed by atoms with Gasteiger partial charge in [0.25, 0.3) is 0 Å². The molecule has 2 heteroatoms. The average Bonchev–Trinajstić information content (AvgIpc) is 2.41. The van der Waals surface area contributed by atoms with Gasteiger partial charge in [0.15, 0.2) is 0 Å². The first-order chi connectivity index (χ1) is 8.75. The number of benzene rings is 2. The zero-order chi connectivity index (χ0) is 12.8. The molecule has 0 spiro atoms. The second kappa shape index (κ2) is 6.91. The van der Waals surface area contributed by atoms with Crippen molar-refractivity contribution >= 4 is 23.5 Å². The van der Waals surface area contributed by atoms with E-state index in [4.69, 9.17) is 0 Å². The quantitative estimate of drug-likeness (QED) is 0.674. The highest BCUT2D eigenvalue weighted by atomic mass is 32.2. The van der Waals surface area contributed by atoms with Crippen LogP contribution in [0.2, 0.25) is 0 Å². The molecule has 2 aromatic carbocycles. The Morgan fingerprint density at radius 3 is 1.28 bits per heavy atom. The van der Waals surface area contributed by atoms with Crippen molar-refractivity contribution in [2.45, 2.75) is 34.1 Å². The molecule has 0 bridgehead atoms. The summed E-state index contributed by atoms with van der Waals surface area (Å²) < 4.78 is 0. The molecule has 2 rings (SSSR count). The summed E-state index contributed by atoms with van der Waals surface area (Å²) in [5.74, 6) is 0. The molecular weight excluding hydrogens is 256 g/mol. The molecule has 0 N–H and O–H groups in total. The topological polar surface area (TPSA) is 0 Å². The molecule has 2 unspecified atom stereocenters. The van der Waals surface area contributed by atoms with Crippen LogP contribution in [0.5, 0.6) is 0 Å². The van der Waals surface area contributed by atoms with Crippen molar-refractivity contribution in [3.05, 3.63) is 60.7 Å². The molecule has 0 aliphatic carbocycles. The van der Waals surface area contributed by atoms with E-state index in [1.807, 2.05) is 23.5 Å². The Morgan fingerprint density at radius 1 is 0.611 bits per heavy atom. The van der Waals surface area contributed by atoms with Crippen LogP contribution in [0, 0.1) is 0 Å². The highest BCUT2D eigenvalue weighted by molar-refractivity contribution is 8.03. The van der Waals surface area contributed by atoms with Crippen molar-refractivity contribution in [2.24, 2.45) is 0 Å². The smallest absolute Gasteiger partial charge is 0.0186 e. The molecule has 0 saturated carbocycles. The Balaban J connectivity index is 1.91. The maximum Gasteiger partial charge on any atom is 0.0186 e. The Kier molecular flexibility index (Phi) is 5.21. The first-order valence-corrected chi connectivity index (χ1v) is 7.95. The first-order valence-electron chi connectivity index (χ1n) is 6.19. The van der Waals surface area contributed by atoms with Crippen LogP contribution in [0.4, 0.5) is 0 Å². The fourth-order valence-electron chi connectivity index (χ4n) is 1.62. The van der Waals surface area contributed by atoms with Gasteiger partial charge in [-0.2, -0.15) is 0 Å². The van der Waals surface area contributed by atoms with Gasteiger partial charge in [0, 0.05) is 20.3 Å². The summed E-state index contributed by atoms with van der Waals surface area (Å²) in [5.41, 5.74) is 0. The van der Waals surface area contributed by atoms with Crippen molar-refractivity contribution in [1.29, 1.82) is 0 Å². The van der Waals surface area contributed by atoms with Crippen LogP contribution in [0.15, 0.2) is 70.5 Å². The van der Waals surface area contributed by atoms with Gasteiger partial charge in [0.05, 0.1) is 0 Å². The van der Waals surface area contributed by atoms with Crippen molar-refractivity contribution in [3.8, 4) is 0 Å². The average molecular weight is 274 g/mol. The highest BCUT2D eigenvalue weighted by Gasteiger charge is 2.14. The van der Waals surface area contributed by atoms with Crippen LogP contribution in [-0.4, -0.2) is 10.5 Å². The normalized spacial score (nSPS) is 14.1. The SMILES string of the molecule is CC(Sc1ccccc1)C(C)Sc1ccccc1. The minimum atomic E-state index is 0.595. The third-order valence-corrected chi connectivity index (χ3v) is 5.61. The molecule has 2 aromatic rings. The third kappa shape index (κ3) is 4.11. The summed E-state index contributed by atoms with van der Waals surface area (Å²) in [7, 11) is 0. The van der Waals surface area contributed by atoms with Crippen molar-refractivity contribution in [2.75, 3.05) is 0 Å². The van der Waals surface area contributed by atoms with Gasteiger partial charge in [-0.05, 0) is 24.3 Å².